The van der Waals surface area contributed by atoms with Crippen molar-refractivity contribution in [3.63, 3.8) is 0 Å². The molecule has 0 radical (unpaired) electrons. The van der Waals surface area contributed by atoms with Gasteiger partial charge in [0, 0.05) is 18.6 Å². The van der Waals surface area contributed by atoms with Gasteiger partial charge in [0.25, 0.3) is 5.91 Å². The molecule has 1 fully saturated rings. The number of likely N-dealkylation sites (N-methyl/N-ethyl adjacent to an activating group) is 1. The third-order valence-electron chi connectivity index (χ3n) is 4.99. The van der Waals surface area contributed by atoms with E-state index in [4.69, 9.17) is 11.6 Å². The Hall–Kier alpha value is -2.38. The van der Waals surface area contributed by atoms with E-state index in [2.05, 4.69) is 20.9 Å². The number of rotatable bonds is 4. The summed E-state index contributed by atoms with van der Waals surface area (Å²) in [4.78, 5) is 35.3. The van der Waals surface area contributed by atoms with Crippen LogP contribution < -0.4 is 0 Å². The molecular weight excluding hydrogens is 444 g/mol. The van der Waals surface area contributed by atoms with E-state index < -0.39 is 12.2 Å². The Morgan fingerprint density at radius 3 is 2.32 bits per heavy atom. The first kappa shape index (κ1) is 19.0. The largest absolute Gasteiger partial charge is 0.331 e. The number of halogens is 2. The van der Waals surface area contributed by atoms with Gasteiger partial charge in [0.05, 0.1) is 6.54 Å². The fourth-order valence-electron chi connectivity index (χ4n) is 3.51. The van der Waals surface area contributed by atoms with Gasteiger partial charge in [0.2, 0.25) is 0 Å². The standard InChI is InChI=1S/C20H18BrClN4O2/c1-24-17-16(18(27)26(20(24)28)12-13-5-3-2-4-6-13)25(19(21)23-17)11-14-7-9-15(22)10-8-14/h2-10,16-17H,11-12H2,1H3. The molecule has 2 atom stereocenters. The van der Waals surface area contributed by atoms with Crippen LogP contribution in [-0.2, 0) is 17.9 Å². The van der Waals surface area contributed by atoms with Crippen LogP contribution in [0.4, 0.5) is 4.79 Å². The predicted molar refractivity (Wildman–Crippen MR) is 111 cm³/mol. The van der Waals surface area contributed by atoms with E-state index in [-0.39, 0.29) is 18.5 Å². The lowest BCUT2D eigenvalue weighted by Gasteiger charge is -2.41. The number of nitrogens with zero attached hydrogens (tertiary/aromatic N) is 4. The number of hydrogen-bond donors (Lipinski definition) is 0. The van der Waals surface area contributed by atoms with Crippen LogP contribution in [0.25, 0.3) is 0 Å². The molecule has 4 rings (SSSR count). The summed E-state index contributed by atoms with van der Waals surface area (Å²) in [5.74, 6) is -0.246. The first-order valence-electron chi connectivity index (χ1n) is 8.82. The highest BCUT2D eigenvalue weighted by atomic mass is 79.9. The summed E-state index contributed by atoms with van der Waals surface area (Å²) in [6, 6.07) is 16.0. The maximum Gasteiger partial charge on any atom is 0.328 e. The normalized spacial score (nSPS) is 21.8. The van der Waals surface area contributed by atoms with Gasteiger partial charge in [0.1, 0.15) is 0 Å². The number of amidine groups is 1. The number of aliphatic imine (C=N–C) groups is 1. The van der Waals surface area contributed by atoms with Gasteiger partial charge in [-0.05, 0) is 39.2 Å². The first-order valence-corrected chi connectivity index (χ1v) is 9.99. The summed E-state index contributed by atoms with van der Waals surface area (Å²) in [5, 5.41) is 0.656. The van der Waals surface area contributed by atoms with Crippen molar-refractivity contribution in [1.82, 2.24) is 14.7 Å². The van der Waals surface area contributed by atoms with Crippen LogP contribution in [0.1, 0.15) is 11.1 Å². The molecule has 0 N–H and O–H groups in total. The number of hydrogen-bond acceptors (Lipinski definition) is 4. The number of fused-ring (bicyclic) bond motifs is 1. The van der Waals surface area contributed by atoms with Gasteiger partial charge in [-0.1, -0.05) is 54.1 Å². The first-order chi connectivity index (χ1) is 13.5. The van der Waals surface area contributed by atoms with Gasteiger partial charge in [-0.25, -0.2) is 9.79 Å². The Bertz CT molecular complexity index is 935. The Labute approximate surface area is 176 Å². The van der Waals surface area contributed by atoms with Gasteiger partial charge in [-0.3, -0.25) is 9.69 Å². The third kappa shape index (κ3) is 3.40. The molecule has 0 aliphatic carbocycles. The van der Waals surface area contributed by atoms with E-state index in [9.17, 15) is 9.59 Å². The SMILES string of the molecule is CN1C(=O)N(Cc2ccccc2)C(=O)C2C1N=C(Br)N2Cc1ccc(Cl)cc1. The van der Waals surface area contributed by atoms with Crippen LogP contribution >= 0.6 is 27.5 Å². The Kier molecular flexibility index (Phi) is 5.12. The molecule has 0 bridgehead atoms. The number of carbonyl (C=O) groups is 2. The summed E-state index contributed by atoms with van der Waals surface area (Å²) in [6.07, 6.45) is -0.548. The third-order valence-corrected chi connectivity index (χ3v) is 5.90. The molecule has 2 unspecified atom stereocenters. The van der Waals surface area contributed by atoms with Crippen molar-refractivity contribution in [3.8, 4) is 0 Å². The molecule has 2 aliphatic heterocycles. The molecule has 2 aromatic rings. The minimum Gasteiger partial charge on any atom is -0.331 e. The predicted octanol–water partition coefficient (Wildman–Crippen LogP) is 3.70. The maximum atomic E-state index is 13.3. The summed E-state index contributed by atoms with van der Waals surface area (Å²) >= 11 is 9.44. The number of carbonyl (C=O) groups excluding carboxylic acids is 2. The molecule has 0 aromatic heterocycles. The summed E-state index contributed by atoms with van der Waals surface area (Å²) in [7, 11) is 1.68. The topological polar surface area (TPSA) is 56.2 Å². The Morgan fingerprint density at radius 2 is 1.64 bits per heavy atom. The second kappa shape index (κ2) is 7.56. The van der Waals surface area contributed by atoms with Gasteiger partial charge in [-0.15, -0.1) is 0 Å². The molecule has 8 heteroatoms. The summed E-state index contributed by atoms with van der Waals surface area (Å²) in [5.41, 5.74) is 1.90. The monoisotopic (exact) mass is 460 g/mol. The fourth-order valence-corrected chi connectivity index (χ4v) is 4.19. The summed E-state index contributed by atoms with van der Waals surface area (Å²) < 4.78 is 0.562. The fraction of sp³-hybridized carbons (Fsp3) is 0.250. The van der Waals surface area contributed by atoms with Crippen molar-refractivity contribution in [2.45, 2.75) is 25.3 Å². The average Bonchev–Trinajstić information content (AvgIpc) is 3.02. The number of imide groups is 1. The van der Waals surface area contributed by atoms with E-state index in [1.54, 1.807) is 7.05 Å². The molecule has 3 amide bonds. The highest BCUT2D eigenvalue weighted by Crippen LogP contribution is 2.31. The lowest BCUT2D eigenvalue weighted by atomic mass is 10.1. The van der Waals surface area contributed by atoms with E-state index in [0.717, 1.165) is 11.1 Å². The van der Waals surface area contributed by atoms with Crippen molar-refractivity contribution in [3.05, 3.63) is 70.7 Å². The number of benzene rings is 2. The highest BCUT2D eigenvalue weighted by Gasteiger charge is 2.51. The molecule has 2 heterocycles. The average molecular weight is 462 g/mol. The highest BCUT2D eigenvalue weighted by molar-refractivity contribution is 9.18. The van der Waals surface area contributed by atoms with Crippen molar-refractivity contribution in [2.75, 3.05) is 7.05 Å². The zero-order valence-corrected chi connectivity index (χ0v) is 17.5. The van der Waals surface area contributed by atoms with Crippen LogP contribution in [0.15, 0.2) is 59.6 Å². The zero-order valence-electron chi connectivity index (χ0n) is 15.1. The minimum atomic E-state index is -0.573. The zero-order chi connectivity index (χ0) is 19.8. The molecule has 1 saturated heterocycles. The van der Waals surface area contributed by atoms with E-state index in [1.165, 1.54) is 9.80 Å². The molecule has 0 saturated carbocycles. The van der Waals surface area contributed by atoms with Crippen LogP contribution in [0.5, 0.6) is 0 Å². The number of urea groups is 1. The van der Waals surface area contributed by atoms with Gasteiger partial charge in [-0.2, -0.15) is 0 Å². The van der Waals surface area contributed by atoms with E-state index >= 15 is 0 Å². The quantitative estimate of drug-likeness (QED) is 0.653. The lowest BCUT2D eigenvalue weighted by molar-refractivity contribution is -0.138. The summed E-state index contributed by atoms with van der Waals surface area (Å²) in [6.45, 7) is 0.716. The van der Waals surface area contributed by atoms with Crippen LogP contribution in [0.2, 0.25) is 5.02 Å². The molecule has 0 spiro atoms. The van der Waals surface area contributed by atoms with Crippen molar-refractivity contribution < 1.29 is 9.59 Å². The van der Waals surface area contributed by atoms with Gasteiger partial charge >= 0.3 is 6.03 Å². The molecule has 144 valence electrons. The van der Waals surface area contributed by atoms with Crippen LogP contribution in [0.3, 0.4) is 0 Å². The second-order valence-corrected chi connectivity index (χ2v) is 7.96. The molecule has 28 heavy (non-hydrogen) atoms. The van der Waals surface area contributed by atoms with Crippen molar-refractivity contribution >= 4 is 44.2 Å². The van der Waals surface area contributed by atoms with Crippen LogP contribution in [0, 0.1) is 0 Å². The van der Waals surface area contributed by atoms with Crippen molar-refractivity contribution in [1.29, 1.82) is 0 Å². The Balaban J connectivity index is 1.61. The maximum absolute atomic E-state index is 13.3. The second-order valence-electron chi connectivity index (χ2n) is 6.81. The van der Waals surface area contributed by atoms with Gasteiger partial charge < -0.3 is 9.80 Å². The molecule has 6 nitrogen and oxygen atoms in total. The van der Waals surface area contributed by atoms with Crippen LogP contribution in [-0.4, -0.2) is 50.6 Å². The smallest absolute Gasteiger partial charge is 0.328 e. The molecular formula is C20H18BrClN4O2. The Morgan fingerprint density at radius 1 is 1.00 bits per heavy atom. The number of amides is 3. The van der Waals surface area contributed by atoms with Gasteiger partial charge in [0.15, 0.2) is 17.0 Å². The van der Waals surface area contributed by atoms with Crippen molar-refractivity contribution in [2.24, 2.45) is 4.99 Å². The molecule has 2 aliphatic rings. The molecule has 2 aromatic carbocycles. The van der Waals surface area contributed by atoms with E-state index in [0.29, 0.717) is 16.3 Å². The minimum absolute atomic E-state index is 0.235. The lowest BCUT2D eigenvalue weighted by Crippen LogP contribution is -2.64. The van der Waals surface area contributed by atoms with E-state index in [1.807, 2.05) is 59.5 Å².